The van der Waals surface area contributed by atoms with Crippen LogP contribution in [-0.2, 0) is 11.3 Å². The average Bonchev–Trinajstić information content (AvgIpc) is 2.88. The van der Waals surface area contributed by atoms with E-state index >= 15 is 0 Å². The Labute approximate surface area is 168 Å². The first-order valence-electron chi connectivity index (χ1n) is 8.26. The largest absolute Gasteiger partial charge is 0.493 e. The highest BCUT2D eigenvalue weighted by molar-refractivity contribution is 9.10. The van der Waals surface area contributed by atoms with Crippen molar-refractivity contribution in [2.45, 2.75) is 13.2 Å². The lowest BCUT2D eigenvalue weighted by Gasteiger charge is -2.24. The summed E-state index contributed by atoms with van der Waals surface area (Å²) in [5.74, 6) is -1.01. The highest BCUT2D eigenvalue weighted by Gasteiger charge is 2.37. The van der Waals surface area contributed by atoms with Gasteiger partial charge in [0.1, 0.15) is 0 Å². The van der Waals surface area contributed by atoms with Crippen molar-refractivity contribution in [3.8, 4) is 11.5 Å². The SMILES string of the molecule is COc1cc(CN(C)CN2C(=O)C(=O)c3c(Br)cccc32)ccc1OC(F)F. The molecule has 0 fully saturated rings. The Morgan fingerprint density at radius 1 is 1.18 bits per heavy atom. The van der Waals surface area contributed by atoms with E-state index < -0.39 is 18.3 Å². The predicted octanol–water partition coefficient (Wildman–Crippen LogP) is 3.68. The van der Waals surface area contributed by atoms with E-state index in [1.165, 1.54) is 18.1 Å². The van der Waals surface area contributed by atoms with E-state index in [0.29, 0.717) is 22.3 Å². The molecule has 9 heteroatoms. The number of Topliss-reactive ketones (excluding diaryl/α,β-unsaturated/α-hetero) is 1. The standard InChI is InChI=1S/C19H17BrF2N2O4/c1-23(9-11-6-7-14(28-19(21)22)15(8-11)27-2)10-24-13-5-3-4-12(20)16(13)17(25)18(24)26/h3-8,19H,9-10H2,1-2H3. The number of methoxy groups -OCH3 is 1. The van der Waals surface area contributed by atoms with Gasteiger partial charge in [-0.1, -0.05) is 12.1 Å². The summed E-state index contributed by atoms with van der Waals surface area (Å²) in [5, 5.41) is 0. The first kappa shape index (κ1) is 20.2. The van der Waals surface area contributed by atoms with Crippen LogP contribution in [0.1, 0.15) is 15.9 Å². The van der Waals surface area contributed by atoms with Crippen LogP contribution >= 0.6 is 15.9 Å². The zero-order chi connectivity index (χ0) is 20.4. The number of hydrogen-bond donors (Lipinski definition) is 0. The molecule has 0 saturated carbocycles. The topological polar surface area (TPSA) is 59.1 Å². The number of carbonyl (C=O) groups excluding carboxylic acids is 2. The number of benzene rings is 2. The summed E-state index contributed by atoms with van der Waals surface area (Å²) in [4.78, 5) is 27.9. The third-order valence-corrected chi connectivity index (χ3v) is 4.89. The van der Waals surface area contributed by atoms with E-state index in [9.17, 15) is 18.4 Å². The fraction of sp³-hybridized carbons (Fsp3) is 0.263. The number of amides is 1. The van der Waals surface area contributed by atoms with E-state index in [-0.39, 0.29) is 18.2 Å². The molecule has 2 aromatic rings. The van der Waals surface area contributed by atoms with Crippen LogP contribution < -0.4 is 14.4 Å². The molecule has 0 bridgehead atoms. The summed E-state index contributed by atoms with van der Waals surface area (Å²) >= 11 is 3.31. The second-order valence-corrected chi connectivity index (χ2v) is 7.07. The fourth-order valence-corrected chi connectivity index (χ4v) is 3.58. The third-order valence-electron chi connectivity index (χ3n) is 4.23. The minimum Gasteiger partial charge on any atom is -0.493 e. The van der Waals surface area contributed by atoms with Gasteiger partial charge in [-0.25, -0.2) is 0 Å². The van der Waals surface area contributed by atoms with Crippen molar-refractivity contribution in [3.05, 3.63) is 52.0 Å². The zero-order valence-corrected chi connectivity index (χ0v) is 16.7. The highest BCUT2D eigenvalue weighted by atomic mass is 79.9. The van der Waals surface area contributed by atoms with Crippen LogP contribution in [0.15, 0.2) is 40.9 Å². The minimum atomic E-state index is -2.94. The summed E-state index contributed by atoms with van der Waals surface area (Å²) in [6.07, 6.45) is 0. The van der Waals surface area contributed by atoms with Crippen molar-refractivity contribution in [3.63, 3.8) is 0 Å². The maximum Gasteiger partial charge on any atom is 0.387 e. The number of alkyl halides is 2. The van der Waals surface area contributed by atoms with Gasteiger partial charge in [0, 0.05) is 11.0 Å². The maximum atomic E-state index is 12.4. The van der Waals surface area contributed by atoms with Crippen LogP contribution in [0.4, 0.5) is 14.5 Å². The molecule has 0 unspecified atom stereocenters. The molecule has 6 nitrogen and oxygen atoms in total. The molecule has 0 radical (unpaired) electrons. The van der Waals surface area contributed by atoms with Crippen LogP contribution in [-0.4, -0.2) is 44.0 Å². The first-order chi connectivity index (χ1) is 13.3. The molecule has 1 aliphatic heterocycles. The first-order valence-corrected chi connectivity index (χ1v) is 9.06. The van der Waals surface area contributed by atoms with E-state index in [0.717, 1.165) is 5.56 Å². The summed E-state index contributed by atoms with van der Waals surface area (Å²) in [6, 6.07) is 9.83. The van der Waals surface area contributed by atoms with Gasteiger partial charge in [-0.3, -0.25) is 19.4 Å². The van der Waals surface area contributed by atoms with Gasteiger partial charge >= 0.3 is 12.5 Å². The number of rotatable bonds is 7. The summed E-state index contributed by atoms with van der Waals surface area (Å²) in [5.41, 5.74) is 1.68. The van der Waals surface area contributed by atoms with Crippen molar-refractivity contribution >= 4 is 33.3 Å². The number of nitrogens with zero attached hydrogens (tertiary/aromatic N) is 2. The second-order valence-electron chi connectivity index (χ2n) is 6.22. The Morgan fingerprint density at radius 3 is 2.61 bits per heavy atom. The predicted molar refractivity (Wildman–Crippen MR) is 102 cm³/mol. The molecule has 0 aromatic heterocycles. The van der Waals surface area contributed by atoms with Gasteiger partial charge in [-0.05, 0) is 52.8 Å². The second kappa shape index (κ2) is 8.24. The van der Waals surface area contributed by atoms with Crippen molar-refractivity contribution in [1.29, 1.82) is 0 Å². The van der Waals surface area contributed by atoms with Crippen LogP contribution in [0.25, 0.3) is 0 Å². The van der Waals surface area contributed by atoms with Crippen LogP contribution in [0.3, 0.4) is 0 Å². The molecule has 1 heterocycles. The Bertz CT molecular complexity index is 923. The number of halogens is 3. The lowest BCUT2D eigenvalue weighted by Crippen LogP contribution is -2.38. The maximum absolute atomic E-state index is 12.4. The Hall–Kier alpha value is -2.52. The Balaban J connectivity index is 1.75. The fourth-order valence-electron chi connectivity index (χ4n) is 3.05. The Kier molecular flexibility index (Phi) is 5.95. The molecule has 148 valence electrons. The third kappa shape index (κ3) is 4.00. The molecule has 0 atom stereocenters. The van der Waals surface area contributed by atoms with Crippen molar-refractivity contribution in [2.24, 2.45) is 0 Å². The number of hydrogen-bond acceptors (Lipinski definition) is 5. The summed E-state index contributed by atoms with van der Waals surface area (Å²) in [7, 11) is 3.15. The monoisotopic (exact) mass is 454 g/mol. The van der Waals surface area contributed by atoms with E-state index in [1.54, 1.807) is 37.4 Å². The molecular weight excluding hydrogens is 438 g/mol. The number of carbonyl (C=O) groups is 2. The molecule has 28 heavy (non-hydrogen) atoms. The molecule has 0 aliphatic carbocycles. The van der Waals surface area contributed by atoms with E-state index in [4.69, 9.17) is 4.74 Å². The van der Waals surface area contributed by atoms with E-state index in [2.05, 4.69) is 20.7 Å². The van der Waals surface area contributed by atoms with Gasteiger partial charge in [-0.15, -0.1) is 0 Å². The molecule has 0 N–H and O–H groups in total. The number of ketones is 1. The molecule has 0 saturated heterocycles. The minimum absolute atomic E-state index is 0.0528. The lowest BCUT2D eigenvalue weighted by molar-refractivity contribution is -0.114. The van der Waals surface area contributed by atoms with Crippen molar-refractivity contribution in [1.82, 2.24) is 4.90 Å². The van der Waals surface area contributed by atoms with E-state index in [1.807, 2.05) is 4.90 Å². The average molecular weight is 455 g/mol. The highest BCUT2D eigenvalue weighted by Crippen LogP contribution is 2.34. The summed E-state index contributed by atoms with van der Waals surface area (Å²) in [6.45, 7) is -2.36. The normalized spacial score (nSPS) is 13.5. The number of fused-ring (bicyclic) bond motifs is 1. The van der Waals surface area contributed by atoms with Crippen LogP contribution in [0.2, 0.25) is 0 Å². The zero-order valence-electron chi connectivity index (χ0n) is 15.1. The Morgan fingerprint density at radius 2 is 1.93 bits per heavy atom. The summed E-state index contributed by atoms with van der Waals surface area (Å²) < 4.78 is 35.0. The van der Waals surface area contributed by atoms with Gasteiger partial charge in [0.2, 0.25) is 0 Å². The van der Waals surface area contributed by atoms with Crippen LogP contribution in [0.5, 0.6) is 11.5 Å². The molecular formula is C19H17BrF2N2O4. The quantitative estimate of drug-likeness (QED) is 0.597. The van der Waals surface area contributed by atoms with Gasteiger partial charge in [-0.2, -0.15) is 8.78 Å². The van der Waals surface area contributed by atoms with Crippen LogP contribution in [0, 0.1) is 0 Å². The number of anilines is 1. The molecule has 1 amide bonds. The molecule has 1 aliphatic rings. The lowest BCUT2D eigenvalue weighted by atomic mass is 10.1. The van der Waals surface area contributed by atoms with Gasteiger partial charge in [0.25, 0.3) is 5.78 Å². The van der Waals surface area contributed by atoms with Gasteiger partial charge < -0.3 is 9.47 Å². The molecule has 0 spiro atoms. The van der Waals surface area contributed by atoms with Gasteiger partial charge in [0.05, 0.1) is 25.0 Å². The molecule has 3 rings (SSSR count). The number of ether oxygens (including phenoxy) is 2. The van der Waals surface area contributed by atoms with Gasteiger partial charge in [0.15, 0.2) is 11.5 Å². The van der Waals surface area contributed by atoms with Crippen molar-refractivity contribution < 1.29 is 27.8 Å². The molecule has 2 aromatic carbocycles. The van der Waals surface area contributed by atoms with Crippen molar-refractivity contribution in [2.75, 3.05) is 25.7 Å². The smallest absolute Gasteiger partial charge is 0.387 e.